The second-order valence-electron chi connectivity index (χ2n) is 14.5. The molecule has 3 fully saturated rings. The van der Waals surface area contributed by atoms with Crippen LogP contribution in [0.25, 0.3) is 0 Å². The van der Waals surface area contributed by atoms with Crippen molar-refractivity contribution in [3.63, 3.8) is 0 Å². The van der Waals surface area contributed by atoms with Crippen LogP contribution in [0, 0.1) is 5.82 Å². The van der Waals surface area contributed by atoms with Gasteiger partial charge in [0.15, 0.2) is 0 Å². The molecule has 1 N–H and O–H groups in total. The SMILES string of the molecule is CCCCN1C(=O)[C@H](CC(=O)N2CCC(N3CCc4ccccc4NC3=O)CC2)SC1c1cccc(F)c1N1CCN(C(C)(C)C)CC1. The molecule has 0 spiro atoms. The maximum absolute atomic E-state index is 15.7. The maximum atomic E-state index is 15.7. The fourth-order valence-corrected chi connectivity index (χ4v) is 9.13. The number of rotatable bonds is 8. The van der Waals surface area contributed by atoms with Gasteiger partial charge in [-0.25, -0.2) is 9.18 Å². The highest BCUT2D eigenvalue weighted by Gasteiger charge is 2.44. The molecule has 4 amide bonds. The molecule has 4 aliphatic rings. The zero-order valence-corrected chi connectivity index (χ0v) is 29.7. The number of thioether (sulfide) groups is 1. The van der Waals surface area contributed by atoms with Crippen molar-refractivity contribution < 1.29 is 18.8 Å². The van der Waals surface area contributed by atoms with Crippen molar-refractivity contribution in [2.24, 2.45) is 0 Å². The van der Waals surface area contributed by atoms with Crippen molar-refractivity contribution in [1.29, 1.82) is 0 Å². The second kappa shape index (κ2) is 14.7. The molecule has 0 bridgehead atoms. The Hall–Kier alpha value is -3.31. The number of piperidine rings is 1. The summed E-state index contributed by atoms with van der Waals surface area (Å²) in [6, 6.07) is 13.1. The lowest BCUT2D eigenvalue weighted by molar-refractivity contribution is -0.136. The highest BCUT2D eigenvalue weighted by Crippen LogP contribution is 2.48. The molecular weight excluding hydrogens is 628 g/mol. The summed E-state index contributed by atoms with van der Waals surface area (Å²) in [5, 5.41) is 2.21. The molecule has 9 nitrogen and oxygen atoms in total. The fourth-order valence-electron chi connectivity index (χ4n) is 7.64. The van der Waals surface area contributed by atoms with Gasteiger partial charge in [-0.15, -0.1) is 11.8 Å². The lowest BCUT2D eigenvalue weighted by Gasteiger charge is -2.43. The topological polar surface area (TPSA) is 79.4 Å². The van der Waals surface area contributed by atoms with E-state index in [1.54, 1.807) is 6.07 Å². The number of amides is 4. The van der Waals surface area contributed by atoms with Gasteiger partial charge in [0.1, 0.15) is 11.2 Å². The van der Waals surface area contributed by atoms with E-state index in [4.69, 9.17) is 0 Å². The summed E-state index contributed by atoms with van der Waals surface area (Å²) in [4.78, 5) is 50.9. The number of benzene rings is 2. The first-order valence-electron chi connectivity index (χ1n) is 17.7. The molecule has 0 aliphatic carbocycles. The molecule has 0 aromatic heterocycles. The Morgan fingerprint density at radius 2 is 1.69 bits per heavy atom. The van der Waals surface area contributed by atoms with Gasteiger partial charge in [-0.2, -0.15) is 0 Å². The summed E-state index contributed by atoms with van der Waals surface area (Å²) in [5.41, 5.74) is 3.48. The molecule has 2 aromatic rings. The van der Waals surface area contributed by atoms with E-state index in [1.807, 2.05) is 39.0 Å². The van der Waals surface area contributed by atoms with E-state index < -0.39 is 5.25 Å². The number of halogens is 1. The molecule has 0 radical (unpaired) electrons. The van der Waals surface area contributed by atoms with Gasteiger partial charge < -0.3 is 24.9 Å². The monoisotopic (exact) mass is 678 g/mol. The van der Waals surface area contributed by atoms with E-state index in [2.05, 4.69) is 48.9 Å². The quantitative estimate of drug-likeness (QED) is 0.372. The highest BCUT2D eigenvalue weighted by molar-refractivity contribution is 8.01. The van der Waals surface area contributed by atoms with Crippen LogP contribution in [-0.4, -0.2) is 107 Å². The predicted octanol–water partition coefficient (Wildman–Crippen LogP) is 5.96. The first kappa shape index (κ1) is 34.5. The summed E-state index contributed by atoms with van der Waals surface area (Å²) in [7, 11) is 0. The van der Waals surface area contributed by atoms with Crippen LogP contribution >= 0.6 is 11.8 Å². The van der Waals surface area contributed by atoms with Crippen LogP contribution < -0.4 is 10.2 Å². The van der Waals surface area contributed by atoms with Gasteiger partial charge >= 0.3 is 6.03 Å². The minimum absolute atomic E-state index is 0.0270. The Kier molecular flexibility index (Phi) is 10.6. The number of carbonyl (C=O) groups excluding carboxylic acids is 3. The molecule has 2 atom stereocenters. The number of nitrogens with zero attached hydrogens (tertiary/aromatic N) is 5. The normalized spacial score (nSPS) is 22.9. The molecule has 1 unspecified atom stereocenters. The zero-order valence-electron chi connectivity index (χ0n) is 28.9. The first-order valence-corrected chi connectivity index (χ1v) is 18.7. The minimum atomic E-state index is -0.513. The molecule has 2 aromatic carbocycles. The second-order valence-corrected chi connectivity index (χ2v) is 15.8. The van der Waals surface area contributed by atoms with Crippen molar-refractivity contribution in [2.45, 2.75) is 88.4 Å². The van der Waals surface area contributed by atoms with Crippen LogP contribution in [0.1, 0.15) is 76.3 Å². The van der Waals surface area contributed by atoms with E-state index in [-0.39, 0.29) is 47.0 Å². The molecule has 11 heteroatoms. The smallest absolute Gasteiger partial charge is 0.322 e. The molecule has 260 valence electrons. The Morgan fingerprint density at radius 3 is 2.40 bits per heavy atom. The Balaban J connectivity index is 1.11. The number of nitrogens with one attached hydrogen (secondary N) is 1. The largest absolute Gasteiger partial charge is 0.366 e. The fraction of sp³-hybridized carbons (Fsp3) is 0.595. The van der Waals surface area contributed by atoms with Gasteiger partial charge in [-0.1, -0.05) is 43.7 Å². The lowest BCUT2D eigenvalue weighted by atomic mass is 10.0. The average Bonchev–Trinajstić information content (AvgIpc) is 3.26. The van der Waals surface area contributed by atoms with Crippen molar-refractivity contribution in [2.75, 3.05) is 62.6 Å². The number of unbranched alkanes of at least 4 members (excludes halogenated alkanes) is 1. The molecule has 3 saturated heterocycles. The lowest BCUT2D eigenvalue weighted by Crippen LogP contribution is -2.53. The maximum Gasteiger partial charge on any atom is 0.322 e. The van der Waals surface area contributed by atoms with Crippen molar-refractivity contribution >= 4 is 41.0 Å². The van der Waals surface area contributed by atoms with Crippen LogP contribution in [0.2, 0.25) is 0 Å². The van der Waals surface area contributed by atoms with Gasteiger partial charge in [0.05, 0.1) is 10.9 Å². The molecule has 6 rings (SSSR count). The van der Waals surface area contributed by atoms with E-state index in [0.717, 1.165) is 62.3 Å². The van der Waals surface area contributed by atoms with Gasteiger partial charge in [0.25, 0.3) is 0 Å². The summed E-state index contributed by atoms with van der Waals surface area (Å²) < 4.78 is 15.7. The Bertz CT molecular complexity index is 1480. The van der Waals surface area contributed by atoms with Crippen LogP contribution in [0.5, 0.6) is 0 Å². The number of hydrogen-bond acceptors (Lipinski definition) is 6. The van der Waals surface area contributed by atoms with E-state index in [0.29, 0.717) is 44.7 Å². The Labute approximate surface area is 289 Å². The summed E-state index contributed by atoms with van der Waals surface area (Å²) >= 11 is 1.50. The number of urea groups is 1. The molecular formula is C37H51FN6O3S. The summed E-state index contributed by atoms with van der Waals surface area (Å²) in [6.07, 6.45) is 4.13. The minimum Gasteiger partial charge on any atom is -0.366 e. The Morgan fingerprint density at radius 1 is 0.958 bits per heavy atom. The molecule has 4 heterocycles. The third kappa shape index (κ3) is 7.32. The van der Waals surface area contributed by atoms with Crippen LogP contribution in [-0.2, 0) is 16.0 Å². The standard InChI is InChI=1S/C37H51FN6O3S/c1-5-6-17-44-34(46)31(48-35(44)28-11-9-12-29(38)33(28)41-21-23-42(24-22-41)37(2,3)4)25-32(45)40-18-15-27(16-19-40)43-20-14-26-10-7-8-13-30(26)39-36(43)47/h7-13,27,31,35H,5-6,14-25H2,1-4H3,(H,39,47)/t31-,35?/m0/s1. The average molecular weight is 679 g/mol. The van der Waals surface area contributed by atoms with Gasteiger partial charge in [0, 0.05) is 81.6 Å². The zero-order chi connectivity index (χ0) is 34.0. The van der Waals surface area contributed by atoms with E-state index in [1.165, 1.54) is 17.8 Å². The predicted molar refractivity (Wildman–Crippen MR) is 191 cm³/mol. The van der Waals surface area contributed by atoms with Gasteiger partial charge in [0.2, 0.25) is 11.8 Å². The van der Waals surface area contributed by atoms with Crippen molar-refractivity contribution in [3.8, 4) is 0 Å². The summed E-state index contributed by atoms with van der Waals surface area (Å²) in [5.74, 6) is -0.319. The number of carbonyl (C=O) groups is 3. The highest BCUT2D eigenvalue weighted by atomic mass is 32.2. The van der Waals surface area contributed by atoms with Gasteiger partial charge in [-0.05, 0) is 64.2 Å². The third-order valence-electron chi connectivity index (χ3n) is 10.5. The summed E-state index contributed by atoms with van der Waals surface area (Å²) in [6.45, 7) is 14.2. The van der Waals surface area contributed by atoms with E-state index in [9.17, 15) is 14.4 Å². The number of likely N-dealkylation sites (tertiary alicyclic amines) is 1. The van der Waals surface area contributed by atoms with Crippen molar-refractivity contribution in [1.82, 2.24) is 19.6 Å². The number of piperazine rings is 1. The number of hydrogen-bond donors (Lipinski definition) is 1. The first-order chi connectivity index (χ1) is 23.0. The van der Waals surface area contributed by atoms with Crippen LogP contribution in [0.3, 0.4) is 0 Å². The molecule has 48 heavy (non-hydrogen) atoms. The number of anilines is 2. The van der Waals surface area contributed by atoms with Crippen LogP contribution in [0.15, 0.2) is 42.5 Å². The molecule has 0 saturated carbocycles. The van der Waals surface area contributed by atoms with Gasteiger partial charge in [-0.3, -0.25) is 14.5 Å². The van der Waals surface area contributed by atoms with Crippen LogP contribution in [0.4, 0.5) is 20.6 Å². The number of para-hydroxylation sites is 2. The number of fused-ring (bicyclic) bond motifs is 1. The molecule has 4 aliphatic heterocycles. The third-order valence-corrected chi connectivity index (χ3v) is 11.9. The van der Waals surface area contributed by atoms with Crippen molar-refractivity contribution in [3.05, 3.63) is 59.4 Å². The van der Waals surface area contributed by atoms with E-state index >= 15 is 4.39 Å².